The monoisotopic (exact) mass is 304 g/mol. The van der Waals surface area contributed by atoms with Gasteiger partial charge in [0.05, 0.1) is 13.3 Å². The van der Waals surface area contributed by atoms with Crippen molar-refractivity contribution in [1.29, 1.82) is 0 Å². The summed E-state index contributed by atoms with van der Waals surface area (Å²) in [5, 5.41) is 11.1. The van der Waals surface area contributed by atoms with Crippen molar-refractivity contribution in [2.75, 3.05) is 25.5 Å². The number of ether oxygens (including phenoxy) is 1. The summed E-state index contributed by atoms with van der Waals surface area (Å²) in [6, 6.07) is 6.61. The van der Waals surface area contributed by atoms with E-state index in [2.05, 4.69) is 15.7 Å². The van der Waals surface area contributed by atoms with E-state index in [-0.39, 0.29) is 11.9 Å². The third-order valence-electron chi connectivity index (χ3n) is 4.09. The summed E-state index contributed by atoms with van der Waals surface area (Å²) < 4.78 is 20.8. The average molecular weight is 304 g/mol. The third-order valence-corrected chi connectivity index (χ3v) is 4.09. The van der Waals surface area contributed by atoms with Crippen molar-refractivity contribution in [3.63, 3.8) is 0 Å². The number of methoxy groups -OCH3 is 1. The molecule has 0 saturated heterocycles. The van der Waals surface area contributed by atoms with E-state index in [1.807, 2.05) is 17.7 Å². The summed E-state index contributed by atoms with van der Waals surface area (Å²) in [5.74, 6) is 1.97. The molecule has 6 heteroatoms. The van der Waals surface area contributed by atoms with Crippen molar-refractivity contribution in [2.45, 2.75) is 19.5 Å². The van der Waals surface area contributed by atoms with Gasteiger partial charge in [0.1, 0.15) is 17.4 Å². The van der Waals surface area contributed by atoms with Gasteiger partial charge in [-0.1, -0.05) is 0 Å². The van der Waals surface area contributed by atoms with E-state index in [0.717, 1.165) is 31.0 Å². The van der Waals surface area contributed by atoms with Crippen LogP contribution >= 0.6 is 0 Å². The highest BCUT2D eigenvalue weighted by Gasteiger charge is 2.20. The van der Waals surface area contributed by atoms with Gasteiger partial charge in [0, 0.05) is 43.2 Å². The molecular formula is C16H21FN4O. The first-order valence-electron chi connectivity index (χ1n) is 7.50. The summed E-state index contributed by atoms with van der Waals surface area (Å²) in [6.45, 7) is 4.64. The molecule has 0 fully saturated rings. The molecule has 0 radical (unpaired) electrons. The molecule has 0 aliphatic carbocycles. The second-order valence-electron chi connectivity index (χ2n) is 5.66. The Morgan fingerprint density at radius 3 is 3.18 bits per heavy atom. The van der Waals surface area contributed by atoms with E-state index < -0.39 is 0 Å². The quantitative estimate of drug-likeness (QED) is 0.891. The van der Waals surface area contributed by atoms with Gasteiger partial charge in [-0.2, -0.15) is 5.10 Å². The lowest BCUT2D eigenvalue weighted by molar-refractivity contribution is 0.366. The zero-order valence-electron chi connectivity index (χ0n) is 12.8. The van der Waals surface area contributed by atoms with Gasteiger partial charge >= 0.3 is 0 Å². The lowest BCUT2D eigenvalue weighted by Gasteiger charge is -2.27. The Morgan fingerprint density at radius 2 is 2.36 bits per heavy atom. The summed E-state index contributed by atoms with van der Waals surface area (Å²) in [6.07, 6.45) is 1.80. The second kappa shape index (κ2) is 6.36. The first-order chi connectivity index (χ1) is 10.7. The largest absolute Gasteiger partial charge is 0.496 e. The van der Waals surface area contributed by atoms with E-state index in [1.54, 1.807) is 19.4 Å². The maximum absolute atomic E-state index is 13.5. The molecule has 0 amide bonds. The first-order valence-corrected chi connectivity index (χ1v) is 7.50. The van der Waals surface area contributed by atoms with Gasteiger partial charge in [0.15, 0.2) is 0 Å². The molecule has 0 saturated carbocycles. The average Bonchev–Trinajstić information content (AvgIpc) is 3.00. The van der Waals surface area contributed by atoms with Gasteiger partial charge in [-0.3, -0.25) is 0 Å². The lowest BCUT2D eigenvalue weighted by atomic mass is 10.0. The molecule has 1 aromatic carbocycles. The van der Waals surface area contributed by atoms with Crippen LogP contribution in [0.1, 0.15) is 18.5 Å². The normalized spacial score (nSPS) is 18.4. The fourth-order valence-electron chi connectivity index (χ4n) is 2.82. The van der Waals surface area contributed by atoms with Gasteiger partial charge in [-0.25, -0.2) is 9.07 Å². The van der Waals surface area contributed by atoms with Crippen molar-refractivity contribution >= 4 is 5.82 Å². The molecule has 0 unspecified atom stereocenters. The highest BCUT2D eigenvalue weighted by molar-refractivity contribution is 5.37. The van der Waals surface area contributed by atoms with E-state index in [4.69, 9.17) is 4.74 Å². The second-order valence-corrected chi connectivity index (χ2v) is 5.66. The molecule has 1 aromatic heterocycles. The van der Waals surface area contributed by atoms with Gasteiger partial charge in [0.25, 0.3) is 0 Å². The zero-order chi connectivity index (χ0) is 15.5. The number of aromatic nitrogens is 2. The van der Waals surface area contributed by atoms with Crippen molar-refractivity contribution < 1.29 is 9.13 Å². The molecule has 2 aromatic rings. The highest BCUT2D eigenvalue weighted by Crippen LogP contribution is 2.26. The summed E-state index contributed by atoms with van der Waals surface area (Å²) in [5.41, 5.74) is 0.839. The van der Waals surface area contributed by atoms with E-state index in [1.165, 1.54) is 12.1 Å². The predicted octanol–water partition coefficient (Wildman–Crippen LogP) is 2.42. The maximum Gasteiger partial charge on any atom is 0.124 e. The van der Waals surface area contributed by atoms with Crippen LogP contribution in [-0.4, -0.2) is 30.0 Å². The van der Waals surface area contributed by atoms with E-state index >= 15 is 0 Å². The molecule has 0 bridgehead atoms. The molecule has 2 heterocycles. The first kappa shape index (κ1) is 14.8. The number of anilines is 1. The number of rotatable bonds is 5. The smallest absolute Gasteiger partial charge is 0.124 e. The van der Waals surface area contributed by atoms with Crippen LogP contribution in [0.5, 0.6) is 5.75 Å². The Balaban J connectivity index is 1.61. The topological polar surface area (TPSA) is 51.1 Å². The van der Waals surface area contributed by atoms with Crippen LogP contribution in [0, 0.1) is 11.7 Å². The molecular weight excluding hydrogens is 283 g/mol. The number of halogens is 1. The molecule has 3 rings (SSSR count). The molecule has 22 heavy (non-hydrogen) atoms. The van der Waals surface area contributed by atoms with Crippen molar-refractivity contribution in [1.82, 2.24) is 15.1 Å². The molecule has 2 atom stereocenters. The molecule has 1 aliphatic rings. The van der Waals surface area contributed by atoms with Crippen LogP contribution in [0.25, 0.3) is 0 Å². The predicted molar refractivity (Wildman–Crippen MR) is 83.6 cm³/mol. The summed E-state index contributed by atoms with van der Waals surface area (Å²) >= 11 is 0. The standard InChI is InChI=1S/C16H21FN4O/c1-11(14-7-13(17)3-4-15(14)22-2)18-8-12-9-19-16-5-6-20-21(16)10-12/h3-7,11-12,18-19H,8-10H2,1-2H3/t11-,12+/m1/s1. The van der Waals surface area contributed by atoms with Crippen molar-refractivity contribution in [3.05, 3.63) is 41.8 Å². The Hall–Kier alpha value is -2.08. The minimum atomic E-state index is -0.245. The third kappa shape index (κ3) is 3.06. The summed E-state index contributed by atoms with van der Waals surface area (Å²) in [4.78, 5) is 0. The minimum Gasteiger partial charge on any atom is -0.496 e. The Labute approximate surface area is 129 Å². The molecule has 0 spiro atoms. The zero-order valence-corrected chi connectivity index (χ0v) is 12.8. The van der Waals surface area contributed by atoms with Crippen molar-refractivity contribution in [2.24, 2.45) is 5.92 Å². The van der Waals surface area contributed by atoms with E-state index in [9.17, 15) is 4.39 Å². The number of fused-ring (bicyclic) bond motifs is 1. The van der Waals surface area contributed by atoms with Crippen LogP contribution in [0.15, 0.2) is 30.5 Å². The number of nitrogens with zero attached hydrogens (tertiary/aromatic N) is 2. The van der Waals surface area contributed by atoms with Gasteiger partial charge in [-0.05, 0) is 25.1 Å². The fraction of sp³-hybridized carbons (Fsp3) is 0.438. The van der Waals surface area contributed by atoms with Gasteiger partial charge in [0.2, 0.25) is 0 Å². The van der Waals surface area contributed by atoms with Crippen LogP contribution in [0.2, 0.25) is 0 Å². The molecule has 5 nitrogen and oxygen atoms in total. The number of hydrogen-bond donors (Lipinski definition) is 2. The van der Waals surface area contributed by atoms with Crippen LogP contribution in [-0.2, 0) is 6.54 Å². The molecule has 118 valence electrons. The minimum absolute atomic E-state index is 0.0182. The number of nitrogens with one attached hydrogen (secondary N) is 2. The van der Waals surface area contributed by atoms with Crippen LogP contribution in [0.4, 0.5) is 10.2 Å². The van der Waals surface area contributed by atoms with E-state index in [0.29, 0.717) is 11.7 Å². The van der Waals surface area contributed by atoms with Crippen molar-refractivity contribution in [3.8, 4) is 5.75 Å². The lowest BCUT2D eigenvalue weighted by Crippen LogP contribution is -2.36. The van der Waals surface area contributed by atoms with Gasteiger partial charge in [-0.15, -0.1) is 0 Å². The van der Waals surface area contributed by atoms with Crippen LogP contribution < -0.4 is 15.4 Å². The Kier molecular flexibility index (Phi) is 4.29. The van der Waals surface area contributed by atoms with Crippen LogP contribution in [0.3, 0.4) is 0 Å². The highest BCUT2D eigenvalue weighted by atomic mass is 19.1. The Morgan fingerprint density at radius 1 is 1.50 bits per heavy atom. The number of benzene rings is 1. The SMILES string of the molecule is COc1ccc(F)cc1[C@@H](C)NC[C@H]1CNc2ccnn2C1. The Bertz CT molecular complexity index is 643. The molecule has 2 N–H and O–H groups in total. The maximum atomic E-state index is 13.5. The number of hydrogen-bond acceptors (Lipinski definition) is 4. The fourth-order valence-corrected chi connectivity index (χ4v) is 2.82. The summed E-state index contributed by atoms with van der Waals surface area (Å²) in [7, 11) is 1.60. The van der Waals surface area contributed by atoms with Gasteiger partial charge < -0.3 is 15.4 Å². The molecule has 1 aliphatic heterocycles.